The SMILES string of the molecule is OCc1ccc(Oc2ccccc2I)c(F)c1. The molecule has 0 radical (unpaired) electrons. The van der Waals surface area contributed by atoms with Crippen molar-refractivity contribution in [1.82, 2.24) is 0 Å². The van der Waals surface area contributed by atoms with Crippen LogP contribution in [0.5, 0.6) is 11.5 Å². The minimum atomic E-state index is -0.476. The molecule has 2 aromatic carbocycles. The molecule has 0 spiro atoms. The lowest BCUT2D eigenvalue weighted by Gasteiger charge is -2.09. The zero-order valence-electron chi connectivity index (χ0n) is 8.86. The van der Waals surface area contributed by atoms with Gasteiger partial charge in [-0.05, 0) is 52.4 Å². The first-order valence-electron chi connectivity index (χ1n) is 5.02. The quantitative estimate of drug-likeness (QED) is 0.861. The Morgan fingerprint density at radius 2 is 1.88 bits per heavy atom. The van der Waals surface area contributed by atoms with Gasteiger partial charge in [0.15, 0.2) is 11.6 Å². The number of halogens is 2. The van der Waals surface area contributed by atoms with Gasteiger partial charge in [-0.25, -0.2) is 4.39 Å². The highest BCUT2D eigenvalue weighted by atomic mass is 127. The highest BCUT2D eigenvalue weighted by Gasteiger charge is 2.07. The van der Waals surface area contributed by atoms with E-state index in [2.05, 4.69) is 22.6 Å². The summed E-state index contributed by atoms with van der Waals surface area (Å²) < 4.78 is 20.0. The third-order valence-corrected chi connectivity index (χ3v) is 3.13. The Kier molecular flexibility index (Phi) is 3.96. The summed E-state index contributed by atoms with van der Waals surface area (Å²) in [5, 5.41) is 8.88. The van der Waals surface area contributed by atoms with Crippen molar-refractivity contribution in [3.8, 4) is 11.5 Å². The molecule has 2 nitrogen and oxygen atoms in total. The molecular weight excluding hydrogens is 334 g/mol. The highest BCUT2D eigenvalue weighted by molar-refractivity contribution is 14.1. The molecule has 0 heterocycles. The molecule has 88 valence electrons. The molecule has 0 fully saturated rings. The van der Waals surface area contributed by atoms with E-state index in [1.54, 1.807) is 12.1 Å². The molecule has 0 aliphatic rings. The number of ether oxygens (including phenoxy) is 1. The van der Waals surface area contributed by atoms with Crippen LogP contribution in [0.1, 0.15) is 5.56 Å². The highest BCUT2D eigenvalue weighted by Crippen LogP contribution is 2.28. The van der Waals surface area contributed by atoms with Crippen molar-refractivity contribution in [3.63, 3.8) is 0 Å². The van der Waals surface area contributed by atoms with Gasteiger partial charge in [-0.1, -0.05) is 18.2 Å². The van der Waals surface area contributed by atoms with Crippen LogP contribution in [-0.2, 0) is 6.61 Å². The van der Waals surface area contributed by atoms with Crippen LogP contribution in [0.3, 0.4) is 0 Å². The van der Waals surface area contributed by atoms with E-state index in [-0.39, 0.29) is 12.4 Å². The molecule has 2 rings (SSSR count). The average Bonchev–Trinajstić information content (AvgIpc) is 2.34. The minimum Gasteiger partial charge on any atom is -0.453 e. The second-order valence-corrected chi connectivity index (χ2v) is 4.62. The fourth-order valence-electron chi connectivity index (χ4n) is 1.37. The van der Waals surface area contributed by atoms with Gasteiger partial charge in [0.2, 0.25) is 0 Å². The van der Waals surface area contributed by atoms with Gasteiger partial charge in [0.05, 0.1) is 10.2 Å². The third kappa shape index (κ3) is 2.95. The first-order chi connectivity index (χ1) is 8.20. The smallest absolute Gasteiger partial charge is 0.166 e. The van der Waals surface area contributed by atoms with Crippen molar-refractivity contribution in [1.29, 1.82) is 0 Å². The summed E-state index contributed by atoms with van der Waals surface area (Å²) in [4.78, 5) is 0. The van der Waals surface area contributed by atoms with E-state index in [0.29, 0.717) is 11.3 Å². The van der Waals surface area contributed by atoms with E-state index in [1.807, 2.05) is 18.2 Å². The Bertz CT molecular complexity index is 529. The van der Waals surface area contributed by atoms with Gasteiger partial charge < -0.3 is 9.84 Å². The molecule has 2 aromatic rings. The zero-order valence-corrected chi connectivity index (χ0v) is 11.0. The molecule has 0 aliphatic carbocycles. The Balaban J connectivity index is 2.28. The standard InChI is InChI=1S/C13H10FIO2/c14-10-7-9(8-16)5-6-12(10)17-13-4-2-1-3-11(13)15/h1-7,16H,8H2. The Morgan fingerprint density at radius 1 is 1.12 bits per heavy atom. The van der Waals surface area contributed by atoms with Crippen molar-refractivity contribution >= 4 is 22.6 Å². The lowest BCUT2D eigenvalue weighted by atomic mass is 10.2. The van der Waals surface area contributed by atoms with E-state index in [1.165, 1.54) is 12.1 Å². The Labute approximate surface area is 112 Å². The van der Waals surface area contributed by atoms with E-state index in [0.717, 1.165) is 3.57 Å². The van der Waals surface area contributed by atoms with E-state index in [4.69, 9.17) is 9.84 Å². The number of hydrogen-bond donors (Lipinski definition) is 1. The molecule has 0 aromatic heterocycles. The molecular formula is C13H10FIO2. The Hall–Kier alpha value is -1.14. The minimum absolute atomic E-state index is 0.159. The number of rotatable bonds is 3. The van der Waals surface area contributed by atoms with Crippen molar-refractivity contribution in [2.24, 2.45) is 0 Å². The summed E-state index contributed by atoms with van der Waals surface area (Å²) >= 11 is 2.13. The summed E-state index contributed by atoms with van der Waals surface area (Å²) in [6.45, 7) is -0.180. The predicted molar refractivity (Wildman–Crippen MR) is 71.6 cm³/mol. The number of para-hydroxylation sites is 1. The largest absolute Gasteiger partial charge is 0.453 e. The lowest BCUT2D eigenvalue weighted by Crippen LogP contribution is -1.92. The maximum atomic E-state index is 13.6. The molecule has 0 bridgehead atoms. The molecule has 0 atom stereocenters. The van der Waals surface area contributed by atoms with Gasteiger partial charge in [-0.2, -0.15) is 0 Å². The molecule has 17 heavy (non-hydrogen) atoms. The molecule has 0 saturated heterocycles. The summed E-state index contributed by atoms with van der Waals surface area (Å²) in [7, 11) is 0. The molecule has 1 N–H and O–H groups in total. The van der Waals surface area contributed by atoms with E-state index < -0.39 is 5.82 Å². The number of hydrogen-bond acceptors (Lipinski definition) is 2. The average molecular weight is 344 g/mol. The summed E-state index contributed by atoms with van der Waals surface area (Å²) in [5.74, 6) is 0.297. The van der Waals surface area contributed by atoms with Crippen LogP contribution < -0.4 is 4.74 Å². The van der Waals surface area contributed by atoms with Crippen LogP contribution in [0, 0.1) is 9.39 Å². The summed E-state index contributed by atoms with van der Waals surface area (Å²) in [6, 6.07) is 11.8. The molecule has 0 unspecified atom stereocenters. The number of aliphatic hydroxyl groups is 1. The van der Waals surface area contributed by atoms with Crippen LogP contribution >= 0.6 is 22.6 Å². The summed E-state index contributed by atoms with van der Waals surface area (Å²) in [6.07, 6.45) is 0. The summed E-state index contributed by atoms with van der Waals surface area (Å²) in [5.41, 5.74) is 0.526. The van der Waals surface area contributed by atoms with E-state index >= 15 is 0 Å². The van der Waals surface area contributed by atoms with Gasteiger partial charge in [-0.15, -0.1) is 0 Å². The second-order valence-electron chi connectivity index (χ2n) is 3.46. The monoisotopic (exact) mass is 344 g/mol. The zero-order chi connectivity index (χ0) is 12.3. The fourth-order valence-corrected chi connectivity index (χ4v) is 1.87. The van der Waals surface area contributed by atoms with Crippen LogP contribution in [-0.4, -0.2) is 5.11 Å². The van der Waals surface area contributed by atoms with Gasteiger partial charge in [-0.3, -0.25) is 0 Å². The van der Waals surface area contributed by atoms with Crippen LogP contribution in [0.25, 0.3) is 0 Å². The fraction of sp³-hybridized carbons (Fsp3) is 0.0769. The molecule has 0 amide bonds. The van der Waals surface area contributed by atoms with Crippen molar-refractivity contribution in [2.45, 2.75) is 6.61 Å². The van der Waals surface area contributed by atoms with Crippen molar-refractivity contribution in [3.05, 3.63) is 57.4 Å². The topological polar surface area (TPSA) is 29.5 Å². The maximum absolute atomic E-state index is 13.6. The predicted octanol–water partition coefficient (Wildman–Crippen LogP) is 3.71. The number of benzene rings is 2. The maximum Gasteiger partial charge on any atom is 0.166 e. The van der Waals surface area contributed by atoms with Gasteiger partial charge in [0, 0.05) is 0 Å². The third-order valence-electron chi connectivity index (χ3n) is 2.24. The van der Waals surface area contributed by atoms with Crippen LogP contribution in [0.15, 0.2) is 42.5 Å². The number of aliphatic hydroxyl groups excluding tert-OH is 1. The molecule has 0 aliphatic heterocycles. The Morgan fingerprint density at radius 3 is 2.53 bits per heavy atom. The first kappa shape index (κ1) is 12.3. The van der Waals surface area contributed by atoms with Gasteiger partial charge >= 0.3 is 0 Å². The van der Waals surface area contributed by atoms with Crippen molar-refractivity contribution < 1.29 is 14.2 Å². The van der Waals surface area contributed by atoms with Crippen LogP contribution in [0.4, 0.5) is 4.39 Å². The second kappa shape index (κ2) is 5.46. The van der Waals surface area contributed by atoms with Gasteiger partial charge in [0.25, 0.3) is 0 Å². The normalized spacial score (nSPS) is 10.3. The first-order valence-corrected chi connectivity index (χ1v) is 6.10. The van der Waals surface area contributed by atoms with Crippen LogP contribution in [0.2, 0.25) is 0 Å². The van der Waals surface area contributed by atoms with Crippen molar-refractivity contribution in [2.75, 3.05) is 0 Å². The molecule has 4 heteroatoms. The lowest BCUT2D eigenvalue weighted by molar-refractivity contribution is 0.281. The van der Waals surface area contributed by atoms with Gasteiger partial charge in [0.1, 0.15) is 5.75 Å². The van der Waals surface area contributed by atoms with E-state index in [9.17, 15) is 4.39 Å². The molecule has 0 saturated carbocycles.